The molecule has 2 N–H and O–H groups in total. The topological polar surface area (TPSA) is 42.1 Å². The SMILES string of the molecule is CC1CCN(C(CN)c2cccc3cccnc23)CC1C. The van der Waals surface area contributed by atoms with E-state index in [4.69, 9.17) is 5.73 Å². The molecule has 0 bridgehead atoms. The van der Waals surface area contributed by atoms with Crippen LogP contribution in [0.1, 0.15) is 31.9 Å². The average molecular weight is 283 g/mol. The lowest BCUT2D eigenvalue weighted by atomic mass is 9.87. The molecule has 1 aliphatic heterocycles. The van der Waals surface area contributed by atoms with Crippen molar-refractivity contribution < 1.29 is 0 Å². The van der Waals surface area contributed by atoms with Gasteiger partial charge in [-0.1, -0.05) is 38.1 Å². The van der Waals surface area contributed by atoms with Crippen LogP contribution in [0.25, 0.3) is 10.9 Å². The third-order valence-corrected chi connectivity index (χ3v) is 5.05. The zero-order valence-electron chi connectivity index (χ0n) is 13.0. The zero-order chi connectivity index (χ0) is 14.8. The molecule has 1 fully saturated rings. The molecule has 1 aliphatic rings. The molecule has 3 nitrogen and oxygen atoms in total. The highest BCUT2D eigenvalue weighted by Gasteiger charge is 2.28. The van der Waals surface area contributed by atoms with Gasteiger partial charge in [0.1, 0.15) is 0 Å². The van der Waals surface area contributed by atoms with Crippen LogP contribution < -0.4 is 5.73 Å². The quantitative estimate of drug-likeness (QED) is 0.940. The van der Waals surface area contributed by atoms with E-state index >= 15 is 0 Å². The molecule has 112 valence electrons. The van der Waals surface area contributed by atoms with Gasteiger partial charge in [0.15, 0.2) is 0 Å². The molecule has 0 aliphatic carbocycles. The van der Waals surface area contributed by atoms with Crippen molar-refractivity contribution in [3.05, 3.63) is 42.1 Å². The van der Waals surface area contributed by atoms with Crippen LogP contribution in [0.4, 0.5) is 0 Å². The number of nitrogens with two attached hydrogens (primary N) is 1. The minimum absolute atomic E-state index is 0.276. The summed E-state index contributed by atoms with van der Waals surface area (Å²) in [6.45, 7) is 7.63. The first-order valence-corrected chi connectivity index (χ1v) is 7.98. The van der Waals surface area contributed by atoms with Gasteiger partial charge in [-0.15, -0.1) is 0 Å². The number of piperidine rings is 1. The second-order valence-electron chi connectivity index (χ2n) is 6.41. The van der Waals surface area contributed by atoms with E-state index in [0.29, 0.717) is 6.54 Å². The molecule has 2 heterocycles. The number of aromatic nitrogens is 1. The molecule has 2 aromatic rings. The number of para-hydroxylation sites is 1. The second-order valence-corrected chi connectivity index (χ2v) is 6.41. The minimum atomic E-state index is 0.276. The molecule has 3 heteroatoms. The van der Waals surface area contributed by atoms with E-state index < -0.39 is 0 Å². The molecule has 1 saturated heterocycles. The third kappa shape index (κ3) is 2.81. The molecule has 1 aromatic carbocycles. The second kappa shape index (κ2) is 6.12. The first-order valence-electron chi connectivity index (χ1n) is 7.98. The predicted molar refractivity (Wildman–Crippen MR) is 88.1 cm³/mol. The molecule has 3 atom stereocenters. The fraction of sp³-hybridized carbons (Fsp3) is 0.500. The van der Waals surface area contributed by atoms with Gasteiger partial charge in [-0.25, -0.2) is 0 Å². The van der Waals surface area contributed by atoms with E-state index in [1.54, 1.807) is 0 Å². The van der Waals surface area contributed by atoms with Gasteiger partial charge < -0.3 is 5.73 Å². The van der Waals surface area contributed by atoms with Crippen molar-refractivity contribution in [2.75, 3.05) is 19.6 Å². The Morgan fingerprint density at radius 2 is 2.05 bits per heavy atom. The summed E-state index contributed by atoms with van der Waals surface area (Å²) in [6.07, 6.45) is 3.14. The smallest absolute Gasteiger partial charge is 0.0750 e. The van der Waals surface area contributed by atoms with E-state index in [1.807, 2.05) is 12.3 Å². The number of hydrogen-bond donors (Lipinski definition) is 1. The summed E-state index contributed by atoms with van der Waals surface area (Å²) >= 11 is 0. The van der Waals surface area contributed by atoms with Crippen molar-refractivity contribution in [2.24, 2.45) is 17.6 Å². The Morgan fingerprint density at radius 3 is 2.81 bits per heavy atom. The highest BCUT2D eigenvalue weighted by atomic mass is 15.2. The Labute approximate surface area is 127 Å². The summed E-state index contributed by atoms with van der Waals surface area (Å²) in [6, 6.07) is 10.8. The van der Waals surface area contributed by atoms with Gasteiger partial charge in [0.25, 0.3) is 0 Å². The first kappa shape index (κ1) is 14.5. The number of fused-ring (bicyclic) bond motifs is 1. The van der Waals surface area contributed by atoms with Gasteiger partial charge in [0.2, 0.25) is 0 Å². The van der Waals surface area contributed by atoms with Gasteiger partial charge >= 0.3 is 0 Å². The van der Waals surface area contributed by atoms with Gasteiger partial charge in [-0.2, -0.15) is 0 Å². The largest absolute Gasteiger partial charge is 0.329 e. The number of likely N-dealkylation sites (tertiary alicyclic amines) is 1. The lowest BCUT2D eigenvalue weighted by Crippen LogP contribution is -2.43. The standard InChI is InChI=1S/C18H25N3/c1-13-8-10-21(12-14(13)2)17(11-19)16-7-3-5-15-6-4-9-20-18(15)16/h3-7,9,13-14,17H,8,10-12,19H2,1-2H3. The normalized spacial score (nSPS) is 25.1. The number of benzene rings is 1. The van der Waals surface area contributed by atoms with Crippen LogP contribution in [-0.2, 0) is 0 Å². The third-order valence-electron chi connectivity index (χ3n) is 5.05. The monoisotopic (exact) mass is 283 g/mol. The van der Waals surface area contributed by atoms with Crippen LogP contribution in [0.15, 0.2) is 36.5 Å². The van der Waals surface area contributed by atoms with Crippen molar-refractivity contribution in [2.45, 2.75) is 26.3 Å². The van der Waals surface area contributed by atoms with Crippen LogP contribution in [0.2, 0.25) is 0 Å². The van der Waals surface area contributed by atoms with Gasteiger partial charge in [0.05, 0.1) is 5.52 Å². The van der Waals surface area contributed by atoms with Crippen molar-refractivity contribution in [3.8, 4) is 0 Å². The van der Waals surface area contributed by atoms with E-state index in [0.717, 1.165) is 30.4 Å². The Kier molecular flexibility index (Phi) is 4.22. The molecule has 0 radical (unpaired) electrons. The zero-order valence-corrected chi connectivity index (χ0v) is 13.0. The molecular formula is C18H25N3. The maximum absolute atomic E-state index is 6.14. The molecule has 1 aromatic heterocycles. The highest BCUT2D eigenvalue weighted by Crippen LogP contribution is 2.31. The maximum atomic E-state index is 6.14. The van der Waals surface area contributed by atoms with E-state index in [9.17, 15) is 0 Å². The molecule has 3 rings (SSSR count). The van der Waals surface area contributed by atoms with Crippen LogP contribution in [0, 0.1) is 11.8 Å². The molecule has 0 spiro atoms. The van der Waals surface area contributed by atoms with Crippen molar-refractivity contribution in [1.29, 1.82) is 0 Å². The molecule has 0 amide bonds. The summed E-state index contributed by atoms with van der Waals surface area (Å²) in [5.74, 6) is 1.54. The Hall–Kier alpha value is -1.45. The van der Waals surface area contributed by atoms with Gasteiger partial charge in [0, 0.05) is 30.7 Å². The average Bonchev–Trinajstić information content (AvgIpc) is 2.52. The number of pyridine rings is 1. The molecule has 21 heavy (non-hydrogen) atoms. The Morgan fingerprint density at radius 1 is 1.24 bits per heavy atom. The summed E-state index contributed by atoms with van der Waals surface area (Å²) < 4.78 is 0. The minimum Gasteiger partial charge on any atom is -0.329 e. The number of rotatable bonds is 3. The fourth-order valence-electron chi connectivity index (χ4n) is 3.45. The fourth-order valence-corrected chi connectivity index (χ4v) is 3.45. The Balaban J connectivity index is 1.95. The van der Waals surface area contributed by atoms with Crippen LogP contribution in [0.5, 0.6) is 0 Å². The van der Waals surface area contributed by atoms with Crippen molar-refractivity contribution in [1.82, 2.24) is 9.88 Å². The van der Waals surface area contributed by atoms with Gasteiger partial charge in [-0.05, 0) is 36.4 Å². The van der Waals surface area contributed by atoms with Crippen molar-refractivity contribution >= 4 is 10.9 Å². The maximum Gasteiger partial charge on any atom is 0.0750 e. The lowest BCUT2D eigenvalue weighted by molar-refractivity contribution is 0.0988. The summed E-state index contributed by atoms with van der Waals surface area (Å²) in [7, 11) is 0. The summed E-state index contributed by atoms with van der Waals surface area (Å²) in [4.78, 5) is 7.15. The van der Waals surface area contributed by atoms with E-state index in [1.165, 1.54) is 17.4 Å². The molecule has 3 unspecified atom stereocenters. The van der Waals surface area contributed by atoms with Gasteiger partial charge in [-0.3, -0.25) is 9.88 Å². The van der Waals surface area contributed by atoms with E-state index in [-0.39, 0.29) is 6.04 Å². The lowest BCUT2D eigenvalue weighted by Gasteiger charge is -2.40. The highest BCUT2D eigenvalue weighted by molar-refractivity contribution is 5.82. The first-order chi connectivity index (χ1) is 10.2. The Bertz CT molecular complexity index is 605. The number of nitrogens with zero attached hydrogens (tertiary/aromatic N) is 2. The predicted octanol–water partition coefficient (Wildman–Crippen LogP) is 3.21. The molecular weight excluding hydrogens is 258 g/mol. The summed E-state index contributed by atoms with van der Waals surface area (Å²) in [5.41, 5.74) is 8.51. The number of hydrogen-bond acceptors (Lipinski definition) is 3. The van der Waals surface area contributed by atoms with Crippen LogP contribution in [0.3, 0.4) is 0 Å². The molecule has 0 saturated carbocycles. The van der Waals surface area contributed by atoms with E-state index in [2.05, 4.69) is 48.0 Å². The van der Waals surface area contributed by atoms with Crippen LogP contribution >= 0.6 is 0 Å². The van der Waals surface area contributed by atoms with Crippen LogP contribution in [-0.4, -0.2) is 29.5 Å². The summed E-state index contributed by atoms with van der Waals surface area (Å²) in [5, 5.41) is 1.20. The van der Waals surface area contributed by atoms with Crippen molar-refractivity contribution in [3.63, 3.8) is 0 Å².